The normalized spacial score (nSPS) is 29.3. The van der Waals surface area contributed by atoms with Gasteiger partial charge in [0.15, 0.2) is 18.3 Å². The molecule has 1 rings (SSSR count). The lowest BCUT2D eigenvalue weighted by atomic mass is 9.76. The second-order valence-electron chi connectivity index (χ2n) is 5.89. The highest BCUT2D eigenvalue weighted by Gasteiger charge is 2.59. The maximum Gasteiger partial charge on any atom is 0.294 e. The maximum atomic E-state index is 12.5. The van der Waals surface area contributed by atoms with Crippen LogP contribution in [0.4, 0.5) is 0 Å². The maximum absolute atomic E-state index is 12.5. The third-order valence-electron chi connectivity index (χ3n) is 3.64. The molecule has 0 aliphatic carbocycles. The van der Waals surface area contributed by atoms with Gasteiger partial charge in [-0.1, -0.05) is 0 Å². The molecule has 0 aromatic heterocycles. The summed E-state index contributed by atoms with van der Waals surface area (Å²) in [6, 6.07) is 0. The van der Waals surface area contributed by atoms with Crippen LogP contribution in [0, 0.1) is 35.6 Å². The Bertz CT molecular complexity index is 473. The van der Waals surface area contributed by atoms with Gasteiger partial charge in [-0.05, 0) is 27.7 Å². The Balaban J connectivity index is 3.41. The molecule has 1 saturated heterocycles. The summed E-state index contributed by atoms with van der Waals surface area (Å²) in [6.07, 6.45) is -5.49. The van der Waals surface area contributed by atoms with Crippen LogP contribution >= 0.6 is 0 Å². The summed E-state index contributed by atoms with van der Waals surface area (Å²) in [6.45, 7) is 4.92. The molecule has 132 valence electrons. The van der Waals surface area contributed by atoms with Crippen LogP contribution in [0.5, 0.6) is 0 Å². The van der Waals surface area contributed by atoms with Gasteiger partial charge in [-0.3, -0.25) is 0 Å². The lowest BCUT2D eigenvalue weighted by Gasteiger charge is -2.63. The topological polar surface area (TPSA) is 183 Å². The van der Waals surface area contributed by atoms with Crippen molar-refractivity contribution in [1.29, 1.82) is 0 Å². The van der Waals surface area contributed by atoms with Crippen molar-refractivity contribution in [3.8, 4) is 0 Å². The van der Waals surface area contributed by atoms with Crippen LogP contribution in [0.1, 0.15) is 27.7 Å². The molecule has 0 bridgehead atoms. The fourth-order valence-electron chi connectivity index (χ4n) is 2.71. The van der Waals surface area contributed by atoms with Gasteiger partial charge in [-0.25, -0.2) is 0 Å². The molecule has 1 heterocycles. The monoisotopic (exact) mass is 339 g/mol. The Labute approximate surface area is 128 Å². The molecule has 1 aliphatic heterocycles. The molecule has 23 heavy (non-hydrogen) atoms. The number of nitrogens with zero attached hydrogens (tertiary/aromatic N) is 4. The van der Waals surface area contributed by atoms with Crippen molar-refractivity contribution in [2.75, 3.05) is 0 Å². The van der Waals surface area contributed by atoms with Crippen LogP contribution in [-0.2, 0) is 14.5 Å². The van der Waals surface area contributed by atoms with Crippen molar-refractivity contribution >= 4 is 0 Å². The van der Waals surface area contributed by atoms with E-state index in [1.807, 2.05) is 0 Å². The molecule has 1 aliphatic rings. The van der Waals surface area contributed by atoms with E-state index >= 15 is 0 Å². The van der Waals surface area contributed by atoms with Gasteiger partial charge in [-0.2, -0.15) is 0 Å². The zero-order valence-corrected chi connectivity index (χ0v) is 12.6. The number of rotatable bonds is 6. The van der Waals surface area contributed by atoms with Crippen molar-refractivity contribution in [2.45, 2.75) is 57.1 Å². The van der Waals surface area contributed by atoms with Crippen LogP contribution < -0.4 is 0 Å². The zero-order chi connectivity index (χ0) is 18.2. The van der Waals surface area contributed by atoms with E-state index in [2.05, 4.69) is 14.5 Å². The molecule has 0 radical (unpaired) electrons. The lowest BCUT2D eigenvalue weighted by Crippen LogP contribution is -2.75. The second kappa shape index (κ2) is 5.96. The molecule has 2 atom stereocenters. The minimum Gasteiger partial charge on any atom is -0.784 e. The van der Waals surface area contributed by atoms with E-state index in [0.29, 0.717) is 5.06 Å². The molecule has 1 fully saturated rings. The Hall–Kier alpha value is -2.48. The predicted molar refractivity (Wildman–Crippen MR) is 69.0 cm³/mol. The van der Waals surface area contributed by atoms with Gasteiger partial charge < -0.3 is 24.8 Å². The standard InChI is InChI=1S/C9H15N4O10/c1-8(2)6(22-12(17)18)5(21-11(15)16)7(23-13(19)20)9(3,4)10(8)14/h5-7H,1-4H3/q-1. The summed E-state index contributed by atoms with van der Waals surface area (Å²) in [5, 5.41) is 40.9. The minimum atomic E-state index is -1.88. The zero-order valence-electron chi connectivity index (χ0n) is 12.6. The van der Waals surface area contributed by atoms with Crippen molar-refractivity contribution in [1.82, 2.24) is 5.06 Å². The van der Waals surface area contributed by atoms with E-state index in [1.165, 1.54) is 27.7 Å². The number of piperidine rings is 1. The predicted octanol–water partition coefficient (Wildman–Crippen LogP) is 0.0877. The Morgan fingerprint density at radius 3 is 1.35 bits per heavy atom. The Morgan fingerprint density at radius 2 is 1.09 bits per heavy atom. The van der Waals surface area contributed by atoms with Gasteiger partial charge in [0.1, 0.15) is 0 Å². The summed E-state index contributed by atoms with van der Waals surface area (Å²) in [4.78, 5) is 45.0. The molecule has 0 saturated carbocycles. The largest absolute Gasteiger partial charge is 0.784 e. The van der Waals surface area contributed by atoms with E-state index in [1.54, 1.807) is 0 Å². The molecule has 14 nitrogen and oxygen atoms in total. The molecule has 14 heteroatoms. The third-order valence-corrected chi connectivity index (χ3v) is 3.64. The van der Waals surface area contributed by atoms with E-state index in [0.717, 1.165) is 0 Å². The Kier molecular flexibility index (Phi) is 4.81. The smallest absolute Gasteiger partial charge is 0.294 e. The van der Waals surface area contributed by atoms with Crippen LogP contribution in [0.15, 0.2) is 0 Å². The number of hydroxylamine groups is 2. The van der Waals surface area contributed by atoms with Crippen molar-refractivity contribution < 1.29 is 29.8 Å². The second-order valence-corrected chi connectivity index (χ2v) is 5.89. The first-order chi connectivity index (χ1) is 10.3. The quantitative estimate of drug-likeness (QED) is 0.471. The van der Waals surface area contributed by atoms with Gasteiger partial charge in [0.25, 0.3) is 15.3 Å². The van der Waals surface area contributed by atoms with Crippen molar-refractivity contribution in [2.24, 2.45) is 0 Å². The van der Waals surface area contributed by atoms with E-state index in [-0.39, 0.29) is 0 Å². The van der Waals surface area contributed by atoms with E-state index in [4.69, 9.17) is 0 Å². The SMILES string of the molecule is CC1(C)C(O[N+](=O)[O-])C(O[N+](=O)[O-])C(O[N+](=O)[O-])C(C)(C)N1[O-]. The molecule has 0 amide bonds. The number of hydrogen-bond donors (Lipinski definition) is 0. The average Bonchev–Trinajstić information content (AvgIpc) is 2.36. The Morgan fingerprint density at radius 1 is 0.783 bits per heavy atom. The average molecular weight is 339 g/mol. The molecular weight excluding hydrogens is 324 g/mol. The van der Waals surface area contributed by atoms with E-state index in [9.17, 15) is 35.6 Å². The van der Waals surface area contributed by atoms with E-state index < -0.39 is 44.6 Å². The highest BCUT2D eigenvalue weighted by molar-refractivity contribution is 5.11. The van der Waals surface area contributed by atoms with Crippen LogP contribution in [0.2, 0.25) is 0 Å². The fourth-order valence-corrected chi connectivity index (χ4v) is 2.71. The van der Waals surface area contributed by atoms with Gasteiger partial charge in [0, 0.05) is 11.1 Å². The lowest BCUT2D eigenvalue weighted by molar-refractivity contribution is -0.823. The van der Waals surface area contributed by atoms with Crippen molar-refractivity contribution in [3.05, 3.63) is 35.6 Å². The first kappa shape index (κ1) is 18.6. The van der Waals surface area contributed by atoms with Crippen molar-refractivity contribution in [3.63, 3.8) is 0 Å². The minimum absolute atomic E-state index is 0.308. The van der Waals surface area contributed by atoms with Gasteiger partial charge in [0.2, 0.25) is 0 Å². The molecule has 0 aromatic carbocycles. The summed E-state index contributed by atoms with van der Waals surface area (Å²) in [7, 11) is 0. The summed E-state index contributed by atoms with van der Waals surface area (Å²) in [5.74, 6) is 0. The first-order valence-corrected chi connectivity index (χ1v) is 6.22. The summed E-state index contributed by atoms with van der Waals surface area (Å²) >= 11 is 0. The molecule has 0 spiro atoms. The van der Waals surface area contributed by atoms with Crippen LogP contribution in [0.3, 0.4) is 0 Å². The van der Waals surface area contributed by atoms with Gasteiger partial charge >= 0.3 is 0 Å². The van der Waals surface area contributed by atoms with Crippen LogP contribution in [-0.4, -0.2) is 49.7 Å². The molecular formula is C9H15N4O10-. The highest BCUT2D eigenvalue weighted by atomic mass is 17.0. The molecule has 0 N–H and O–H groups in total. The summed E-state index contributed by atoms with van der Waals surface area (Å²) < 4.78 is 0. The third kappa shape index (κ3) is 3.48. The van der Waals surface area contributed by atoms with Gasteiger partial charge in [-0.15, -0.1) is 30.3 Å². The number of hydrogen-bond acceptors (Lipinski definition) is 11. The first-order valence-electron chi connectivity index (χ1n) is 6.22. The highest BCUT2D eigenvalue weighted by Crippen LogP contribution is 2.42. The van der Waals surface area contributed by atoms with Gasteiger partial charge in [0.05, 0.1) is 0 Å². The molecule has 2 unspecified atom stereocenters. The fraction of sp³-hybridized carbons (Fsp3) is 1.00. The summed E-state index contributed by atoms with van der Waals surface area (Å²) in [5.41, 5.74) is -3.35. The molecule has 0 aromatic rings. The van der Waals surface area contributed by atoms with Crippen LogP contribution in [0.25, 0.3) is 0 Å².